The maximum absolute atomic E-state index is 12.8. The summed E-state index contributed by atoms with van der Waals surface area (Å²) < 4.78 is 16.9. The van der Waals surface area contributed by atoms with Gasteiger partial charge in [0.05, 0.1) is 0 Å². The van der Waals surface area contributed by atoms with Gasteiger partial charge in [-0.2, -0.15) is 0 Å². The van der Waals surface area contributed by atoms with E-state index in [4.69, 9.17) is 14.2 Å². The molecule has 0 aromatic rings. The first-order valence-corrected chi connectivity index (χ1v) is 28.8. The molecule has 1 atom stereocenters. The maximum Gasteiger partial charge on any atom is 0.306 e. The average Bonchev–Trinajstić information content (AvgIpc) is 3.30. The Labute approximate surface area is 404 Å². The molecule has 0 saturated heterocycles. The Kier molecular flexibility index (Phi) is 52.7. The number of carbonyl (C=O) groups excluding carboxylic acids is 3. The van der Waals surface area contributed by atoms with Crippen molar-refractivity contribution >= 4 is 17.9 Å². The monoisotopic (exact) mass is 915 g/mol. The van der Waals surface area contributed by atoms with Crippen LogP contribution in [0.15, 0.2) is 24.3 Å². The first-order chi connectivity index (χ1) is 32.0. The molecule has 0 radical (unpaired) electrons. The van der Waals surface area contributed by atoms with Gasteiger partial charge >= 0.3 is 17.9 Å². The van der Waals surface area contributed by atoms with E-state index in [1.54, 1.807) is 0 Å². The smallest absolute Gasteiger partial charge is 0.306 e. The van der Waals surface area contributed by atoms with Gasteiger partial charge in [0.25, 0.3) is 0 Å². The zero-order chi connectivity index (χ0) is 47.2. The number of carbonyl (C=O) groups is 3. The second-order valence-electron chi connectivity index (χ2n) is 19.6. The number of ether oxygens (including phenoxy) is 3. The molecule has 0 aliphatic heterocycles. The van der Waals surface area contributed by atoms with Gasteiger partial charge in [0.1, 0.15) is 13.2 Å². The lowest BCUT2D eigenvalue weighted by molar-refractivity contribution is -0.167. The molecule has 0 fully saturated rings. The van der Waals surface area contributed by atoms with Gasteiger partial charge in [-0.25, -0.2) is 0 Å². The molecule has 1 unspecified atom stereocenters. The Hall–Kier alpha value is -2.11. The average molecular weight is 916 g/mol. The lowest BCUT2D eigenvalue weighted by Gasteiger charge is -2.18. The summed E-state index contributed by atoms with van der Waals surface area (Å²) in [6.45, 7) is 6.66. The molecule has 0 spiro atoms. The van der Waals surface area contributed by atoms with Crippen LogP contribution in [0.3, 0.4) is 0 Å². The molecule has 0 rings (SSSR count). The molecule has 0 saturated carbocycles. The van der Waals surface area contributed by atoms with Gasteiger partial charge in [-0.3, -0.25) is 14.4 Å². The number of unbranched alkanes of at least 4 members (excludes halogenated alkanes) is 38. The Morgan fingerprint density at radius 3 is 0.769 bits per heavy atom. The molecule has 65 heavy (non-hydrogen) atoms. The molecule has 6 heteroatoms. The van der Waals surface area contributed by atoms with Crippen molar-refractivity contribution in [3.8, 4) is 0 Å². The van der Waals surface area contributed by atoms with Crippen molar-refractivity contribution < 1.29 is 28.6 Å². The van der Waals surface area contributed by atoms with E-state index in [-0.39, 0.29) is 31.1 Å². The van der Waals surface area contributed by atoms with E-state index in [0.717, 1.165) is 57.8 Å². The van der Waals surface area contributed by atoms with Crippen LogP contribution >= 0.6 is 0 Å². The van der Waals surface area contributed by atoms with Crippen molar-refractivity contribution in [3.63, 3.8) is 0 Å². The minimum absolute atomic E-state index is 0.0694. The molecule has 0 aromatic heterocycles. The molecule has 0 aliphatic carbocycles. The third-order valence-corrected chi connectivity index (χ3v) is 12.9. The van der Waals surface area contributed by atoms with E-state index in [1.807, 2.05) is 0 Å². The zero-order valence-corrected chi connectivity index (χ0v) is 43.8. The highest BCUT2D eigenvalue weighted by Crippen LogP contribution is 2.16. The largest absolute Gasteiger partial charge is 0.462 e. The summed E-state index contributed by atoms with van der Waals surface area (Å²) in [5.74, 6) is -0.858. The Morgan fingerprint density at radius 1 is 0.292 bits per heavy atom. The van der Waals surface area contributed by atoms with E-state index in [9.17, 15) is 14.4 Å². The van der Waals surface area contributed by atoms with Gasteiger partial charge in [-0.15, -0.1) is 0 Å². The molecule has 6 nitrogen and oxygen atoms in total. The second-order valence-corrected chi connectivity index (χ2v) is 19.6. The first kappa shape index (κ1) is 62.9. The summed E-state index contributed by atoms with van der Waals surface area (Å²) >= 11 is 0. The van der Waals surface area contributed by atoms with Gasteiger partial charge in [0.15, 0.2) is 6.10 Å². The zero-order valence-electron chi connectivity index (χ0n) is 43.8. The lowest BCUT2D eigenvalue weighted by Crippen LogP contribution is -2.30. The van der Waals surface area contributed by atoms with Crippen LogP contribution < -0.4 is 0 Å². The summed E-state index contributed by atoms with van der Waals surface area (Å²) in [5, 5.41) is 0. The second kappa shape index (κ2) is 54.5. The summed E-state index contributed by atoms with van der Waals surface area (Å²) in [4.78, 5) is 38.1. The third-order valence-electron chi connectivity index (χ3n) is 12.9. The van der Waals surface area contributed by atoms with Crippen molar-refractivity contribution in [2.45, 2.75) is 322 Å². The first-order valence-electron chi connectivity index (χ1n) is 28.8. The SMILES string of the molecule is CCCCCCCC/C=C\CCCCCCCCCCCC(=O)OCC(COC(=O)CCCCCCCCCCCCC)OC(=O)CCCCCCCCC/C=C\CCCCCCCC. The molecule has 0 aliphatic rings. The minimum Gasteiger partial charge on any atom is -0.462 e. The number of allylic oxidation sites excluding steroid dienone is 4. The number of hydrogen-bond donors (Lipinski definition) is 0. The number of hydrogen-bond acceptors (Lipinski definition) is 6. The molecule has 0 N–H and O–H groups in total. The van der Waals surface area contributed by atoms with Gasteiger partial charge in [0, 0.05) is 19.3 Å². The standard InChI is InChI=1S/C59H110O6/c1-4-7-10-13-16-19-22-24-26-28-29-31-32-34-37-40-43-46-49-52-58(61)64-55-56(54-63-57(60)51-48-45-42-39-36-21-18-15-12-9-6-3)65-59(62)53-50-47-44-41-38-35-33-30-27-25-23-20-17-14-11-8-5-2/h24-27,56H,4-23,28-55H2,1-3H3/b26-24-,27-25-. The van der Waals surface area contributed by atoms with Crippen LogP contribution in [0, 0.1) is 0 Å². The Balaban J connectivity index is 4.29. The van der Waals surface area contributed by atoms with E-state index < -0.39 is 6.10 Å². The van der Waals surface area contributed by atoms with Gasteiger partial charge < -0.3 is 14.2 Å². The van der Waals surface area contributed by atoms with Crippen LogP contribution in [0.1, 0.15) is 316 Å². The molecular formula is C59H110O6. The predicted molar refractivity (Wildman–Crippen MR) is 279 cm³/mol. The van der Waals surface area contributed by atoms with E-state index in [2.05, 4.69) is 45.1 Å². The van der Waals surface area contributed by atoms with Crippen LogP contribution in [0.25, 0.3) is 0 Å². The Bertz CT molecular complexity index is 1050. The minimum atomic E-state index is -0.770. The lowest BCUT2D eigenvalue weighted by atomic mass is 10.1. The predicted octanol–water partition coefficient (Wildman–Crippen LogP) is 19.1. The van der Waals surface area contributed by atoms with Crippen LogP contribution in [0.5, 0.6) is 0 Å². The highest BCUT2D eigenvalue weighted by Gasteiger charge is 2.19. The fraction of sp³-hybridized carbons (Fsp3) is 0.881. The molecule has 382 valence electrons. The fourth-order valence-corrected chi connectivity index (χ4v) is 8.55. The van der Waals surface area contributed by atoms with Crippen molar-refractivity contribution in [1.29, 1.82) is 0 Å². The molecule has 0 heterocycles. The normalized spacial score (nSPS) is 12.1. The molecular weight excluding hydrogens is 805 g/mol. The quantitative estimate of drug-likeness (QED) is 0.0262. The number of rotatable bonds is 53. The third kappa shape index (κ3) is 52.7. The van der Waals surface area contributed by atoms with Crippen molar-refractivity contribution in [3.05, 3.63) is 24.3 Å². The highest BCUT2D eigenvalue weighted by atomic mass is 16.6. The molecule has 0 aromatic carbocycles. The summed E-state index contributed by atoms with van der Waals surface area (Å²) in [5.41, 5.74) is 0. The van der Waals surface area contributed by atoms with Crippen LogP contribution in [0.4, 0.5) is 0 Å². The van der Waals surface area contributed by atoms with Gasteiger partial charge in [-0.1, -0.05) is 251 Å². The maximum atomic E-state index is 12.8. The highest BCUT2D eigenvalue weighted by molar-refractivity contribution is 5.71. The Morgan fingerprint density at radius 2 is 0.508 bits per heavy atom. The van der Waals surface area contributed by atoms with E-state index >= 15 is 0 Å². The van der Waals surface area contributed by atoms with Gasteiger partial charge in [0.2, 0.25) is 0 Å². The van der Waals surface area contributed by atoms with Crippen LogP contribution in [-0.4, -0.2) is 37.2 Å². The van der Waals surface area contributed by atoms with E-state index in [0.29, 0.717) is 19.3 Å². The van der Waals surface area contributed by atoms with Crippen molar-refractivity contribution in [1.82, 2.24) is 0 Å². The molecule has 0 amide bonds. The topological polar surface area (TPSA) is 78.9 Å². The van der Waals surface area contributed by atoms with Crippen molar-refractivity contribution in [2.75, 3.05) is 13.2 Å². The van der Waals surface area contributed by atoms with E-state index in [1.165, 1.54) is 218 Å². The summed E-state index contributed by atoms with van der Waals surface area (Å²) in [6.07, 6.45) is 63.1. The van der Waals surface area contributed by atoms with Gasteiger partial charge in [-0.05, 0) is 70.6 Å². The van der Waals surface area contributed by atoms with Crippen LogP contribution in [0.2, 0.25) is 0 Å². The molecule has 0 bridgehead atoms. The van der Waals surface area contributed by atoms with Crippen LogP contribution in [-0.2, 0) is 28.6 Å². The fourth-order valence-electron chi connectivity index (χ4n) is 8.55. The number of esters is 3. The summed E-state index contributed by atoms with van der Waals surface area (Å²) in [6, 6.07) is 0. The summed E-state index contributed by atoms with van der Waals surface area (Å²) in [7, 11) is 0. The van der Waals surface area contributed by atoms with Crippen molar-refractivity contribution in [2.24, 2.45) is 0 Å².